The molecule has 2 aliphatic rings. The smallest absolute Gasteiger partial charge is 0.326 e. The minimum atomic E-state index is -1.02. The maximum absolute atomic E-state index is 11.6. The molecule has 1 saturated heterocycles. The number of urea groups is 1. The zero-order chi connectivity index (χ0) is 13.1. The Morgan fingerprint density at radius 3 is 2.67 bits per heavy atom. The van der Waals surface area contributed by atoms with Gasteiger partial charge in [0.1, 0.15) is 6.04 Å². The van der Waals surface area contributed by atoms with Crippen molar-refractivity contribution >= 4 is 17.9 Å². The number of carbonyl (C=O) groups is 3. The van der Waals surface area contributed by atoms with Crippen LogP contribution in [0.2, 0.25) is 0 Å². The van der Waals surface area contributed by atoms with Gasteiger partial charge in [-0.3, -0.25) is 4.79 Å². The number of hydrogen-bond acceptors (Lipinski definition) is 3. The van der Waals surface area contributed by atoms with Crippen LogP contribution in [0.3, 0.4) is 0 Å². The molecule has 0 aromatic rings. The third-order valence-electron chi connectivity index (χ3n) is 3.18. The summed E-state index contributed by atoms with van der Waals surface area (Å²) < 4.78 is 0. The van der Waals surface area contributed by atoms with Crippen LogP contribution >= 0.6 is 0 Å². The Hall–Kier alpha value is -1.79. The molecule has 1 saturated carbocycles. The van der Waals surface area contributed by atoms with E-state index in [0.29, 0.717) is 18.9 Å². The summed E-state index contributed by atoms with van der Waals surface area (Å²) in [5.41, 5.74) is 0. The van der Waals surface area contributed by atoms with E-state index in [1.165, 1.54) is 0 Å². The first kappa shape index (κ1) is 12.7. The van der Waals surface area contributed by atoms with Crippen molar-refractivity contribution in [3.8, 4) is 0 Å². The fourth-order valence-corrected chi connectivity index (χ4v) is 2.00. The van der Waals surface area contributed by atoms with Crippen LogP contribution < -0.4 is 16.0 Å². The first-order valence-electron chi connectivity index (χ1n) is 6.11. The second-order valence-electron chi connectivity index (χ2n) is 4.89. The van der Waals surface area contributed by atoms with Crippen LogP contribution in [0.4, 0.5) is 4.79 Å². The normalized spacial score (nSPS) is 24.2. The molecule has 7 nitrogen and oxygen atoms in total. The fraction of sp³-hybridized carbons (Fsp3) is 0.727. The molecule has 1 aliphatic carbocycles. The predicted molar refractivity (Wildman–Crippen MR) is 61.8 cm³/mol. The highest BCUT2D eigenvalue weighted by atomic mass is 16.4. The van der Waals surface area contributed by atoms with Crippen molar-refractivity contribution in [1.82, 2.24) is 16.0 Å². The summed E-state index contributed by atoms with van der Waals surface area (Å²) >= 11 is 0. The number of carboxylic acids is 1. The molecular formula is C11H17N3O4. The van der Waals surface area contributed by atoms with Gasteiger partial charge in [-0.2, -0.15) is 0 Å². The van der Waals surface area contributed by atoms with Gasteiger partial charge in [-0.15, -0.1) is 0 Å². The number of carboxylic acid groups (broad SMARTS) is 1. The molecule has 2 atom stereocenters. The van der Waals surface area contributed by atoms with E-state index in [-0.39, 0.29) is 18.4 Å². The molecule has 0 aromatic carbocycles. The number of nitrogens with one attached hydrogen (secondary N) is 3. The van der Waals surface area contributed by atoms with Gasteiger partial charge < -0.3 is 21.1 Å². The van der Waals surface area contributed by atoms with Crippen LogP contribution in [-0.4, -0.2) is 41.6 Å². The summed E-state index contributed by atoms with van der Waals surface area (Å²) in [6.07, 6.45) is 2.79. The second-order valence-corrected chi connectivity index (χ2v) is 4.89. The SMILES string of the molecule is O=C1CC(NC(=O)N[C@@H](CC2CC2)C(=O)O)CN1. The summed E-state index contributed by atoms with van der Waals surface area (Å²) in [6.45, 7) is 0.395. The maximum atomic E-state index is 11.6. The van der Waals surface area contributed by atoms with Crippen LogP contribution in [0.5, 0.6) is 0 Å². The van der Waals surface area contributed by atoms with E-state index in [0.717, 1.165) is 12.8 Å². The molecule has 2 rings (SSSR count). The summed E-state index contributed by atoms with van der Waals surface area (Å²) in [7, 11) is 0. The van der Waals surface area contributed by atoms with E-state index in [4.69, 9.17) is 5.11 Å². The lowest BCUT2D eigenvalue weighted by atomic mass is 10.1. The number of carbonyl (C=O) groups excluding carboxylic acids is 2. The maximum Gasteiger partial charge on any atom is 0.326 e. The standard InChI is InChI=1S/C11H17N3O4/c15-9-4-7(5-12-9)13-11(18)14-8(10(16)17)3-6-1-2-6/h6-8H,1-5H2,(H,12,15)(H,16,17)(H2,13,14,18)/t7?,8-/m0/s1. The first-order valence-corrected chi connectivity index (χ1v) is 6.11. The van der Waals surface area contributed by atoms with Crippen molar-refractivity contribution < 1.29 is 19.5 Å². The number of rotatable bonds is 5. The van der Waals surface area contributed by atoms with Crippen molar-refractivity contribution in [2.75, 3.05) is 6.54 Å². The third kappa shape index (κ3) is 3.61. The highest BCUT2D eigenvalue weighted by Crippen LogP contribution is 2.33. The summed E-state index contributed by atoms with van der Waals surface area (Å²) in [4.78, 5) is 33.5. The molecule has 4 N–H and O–H groups in total. The monoisotopic (exact) mass is 255 g/mol. The van der Waals surface area contributed by atoms with Crippen LogP contribution in [0.15, 0.2) is 0 Å². The largest absolute Gasteiger partial charge is 0.480 e. The molecule has 2 fully saturated rings. The van der Waals surface area contributed by atoms with Crippen molar-refractivity contribution in [3.05, 3.63) is 0 Å². The molecule has 18 heavy (non-hydrogen) atoms. The Morgan fingerprint density at radius 2 is 2.17 bits per heavy atom. The van der Waals surface area contributed by atoms with E-state index in [2.05, 4.69) is 16.0 Å². The highest BCUT2D eigenvalue weighted by molar-refractivity contribution is 5.84. The fourth-order valence-electron chi connectivity index (χ4n) is 2.00. The van der Waals surface area contributed by atoms with Gasteiger partial charge in [-0.1, -0.05) is 12.8 Å². The van der Waals surface area contributed by atoms with Gasteiger partial charge in [-0.05, 0) is 12.3 Å². The number of hydrogen-bond donors (Lipinski definition) is 4. The number of amides is 3. The molecule has 1 unspecified atom stereocenters. The summed E-state index contributed by atoms with van der Waals surface area (Å²) in [5, 5.41) is 16.6. The quantitative estimate of drug-likeness (QED) is 0.527. The van der Waals surface area contributed by atoms with Crippen molar-refractivity contribution in [2.24, 2.45) is 5.92 Å². The zero-order valence-corrected chi connectivity index (χ0v) is 9.94. The number of aliphatic carboxylic acids is 1. The van der Waals surface area contributed by atoms with Crippen molar-refractivity contribution in [2.45, 2.75) is 37.8 Å². The molecule has 0 aromatic heterocycles. The lowest BCUT2D eigenvalue weighted by Crippen LogP contribution is -2.49. The Labute approximate surface area is 104 Å². The molecule has 0 radical (unpaired) electrons. The van der Waals surface area contributed by atoms with Gasteiger partial charge >= 0.3 is 12.0 Å². The minimum absolute atomic E-state index is 0.104. The van der Waals surface area contributed by atoms with E-state index in [1.54, 1.807) is 0 Å². The predicted octanol–water partition coefficient (Wildman–Crippen LogP) is -0.573. The second kappa shape index (κ2) is 5.24. The average molecular weight is 255 g/mol. The van der Waals surface area contributed by atoms with Gasteiger partial charge in [0.2, 0.25) is 5.91 Å². The molecule has 1 heterocycles. The minimum Gasteiger partial charge on any atom is -0.480 e. The molecule has 7 heteroatoms. The molecular weight excluding hydrogens is 238 g/mol. The lowest BCUT2D eigenvalue weighted by molar-refractivity contribution is -0.139. The Balaban J connectivity index is 1.76. The third-order valence-corrected chi connectivity index (χ3v) is 3.18. The van der Waals surface area contributed by atoms with E-state index in [9.17, 15) is 14.4 Å². The highest BCUT2D eigenvalue weighted by Gasteiger charge is 2.31. The van der Waals surface area contributed by atoms with E-state index >= 15 is 0 Å². The van der Waals surface area contributed by atoms with Gasteiger partial charge in [0, 0.05) is 13.0 Å². The first-order chi connectivity index (χ1) is 8.54. The van der Waals surface area contributed by atoms with E-state index in [1.807, 2.05) is 0 Å². The van der Waals surface area contributed by atoms with Crippen LogP contribution in [0, 0.1) is 5.92 Å². The molecule has 0 bridgehead atoms. The average Bonchev–Trinajstić information content (AvgIpc) is 3.01. The van der Waals surface area contributed by atoms with Gasteiger partial charge in [0.05, 0.1) is 6.04 Å². The Morgan fingerprint density at radius 1 is 1.44 bits per heavy atom. The Bertz CT molecular complexity index is 367. The zero-order valence-electron chi connectivity index (χ0n) is 9.94. The van der Waals surface area contributed by atoms with Crippen LogP contribution in [0.25, 0.3) is 0 Å². The van der Waals surface area contributed by atoms with Crippen molar-refractivity contribution in [3.63, 3.8) is 0 Å². The molecule has 3 amide bonds. The Kier molecular flexibility index (Phi) is 3.69. The van der Waals surface area contributed by atoms with Gasteiger partial charge in [0.15, 0.2) is 0 Å². The topological polar surface area (TPSA) is 108 Å². The van der Waals surface area contributed by atoms with Gasteiger partial charge in [-0.25, -0.2) is 9.59 Å². The molecule has 1 aliphatic heterocycles. The molecule has 100 valence electrons. The van der Waals surface area contributed by atoms with Gasteiger partial charge in [0.25, 0.3) is 0 Å². The van der Waals surface area contributed by atoms with Crippen LogP contribution in [0.1, 0.15) is 25.7 Å². The van der Waals surface area contributed by atoms with E-state index < -0.39 is 18.0 Å². The summed E-state index contributed by atoms with van der Waals surface area (Å²) in [6, 6.07) is -1.63. The summed E-state index contributed by atoms with van der Waals surface area (Å²) in [5.74, 6) is -0.702. The lowest BCUT2D eigenvalue weighted by Gasteiger charge is -2.16. The van der Waals surface area contributed by atoms with Crippen molar-refractivity contribution in [1.29, 1.82) is 0 Å². The van der Waals surface area contributed by atoms with Crippen LogP contribution in [-0.2, 0) is 9.59 Å². The molecule has 0 spiro atoms.